The normalized spacial score (nSPS) is 11.3. The first kappa shape index (κ1) is 25.5. The van der Waals surface area contributed by atoms with Crippen LogP contribution < -0.4 is 14.8 Å². The second-order valence-corrected chi connectivity index (χ2v) is 7.80. The van der Waals surface area contributed by atoms with E-state index in [9.17, 15) is 14.4 Å². The maximum Gasteiger partial charge on any atom is 0.306 e. The first-order valence-electron chi connectivity index (χ1n) is 11.5. The number of para-hydroxylation sites is 2. The van der Waals surface area contributed by atoms with Gasteiger partial charge in [-0.2, -0.15) is 0 Å². The van der Waals surface area contributed by atoms with E-state index in [2.05, 4.69) is 5.32 Å². The van der Waals surface area contributed by atoms with Crippen molar-refractivity contribution < 1.29 is 28.6 Å². The summed E-state index contributed by atoms with van der Waals surface area (Å²) in [4.78, 5) is 37.0. The highest BCUT2D eigenvalue weighted by molar-refractivity contribution is 6.00. The molecule has 0 heterocycles. The zero-order valence-corrected chi connectivity index (χ0v) is 19.9. The van der Waals surface area contributed by atoms with Gasteiger partial charge in [-0.1, -0.05) is 49.4 Å². The number of ketones is 1. The Morgan fingerprint density at radius 3 is 2.14 bits per heavy atom. The highest BCUT2D eigenvalue weighted by Gasteiger charge is 2.22. The zero-order chi connectivity index (χ0) is 25.0. The van der Waals surface area contributed by atoms with Crippen molar-refractivity contribution in [3.63, 3.8) is 0 Å². The van der Waals surface area contributed by atoms with E-state index in [4.69, 9.17) is 14.2 Å². The molecule has 0 radical (unpaired) electrons. The number of anilines is 1. The number of amides is 1. The Bertz CT molecular complexity index is 1130. The summed E-state index contributed by atoms with van der Waals surface area (Å²) in [5, 5.41) is 2.80. The van der Waals surface area contributed by atoms with Gasteiger partial charge in [-0.25, -0.2) is 0 Å². The van der Waals surface area contributed by atoms with Gasteiger partial charge in [0.15, 0.2) is 17.6 Å². The maximum atomic E-state index is 12.5. The second-order valence-electron chi connectivity index (χ2n) is 7.80. The number of methoxy groups -OCH3 is 1. The van der Waals surface area contributed by atoms with E-state index in [-0.39, 0.29) is 24.5 Å². The van der Waals surface area contributed by atoms with Crippen LogP contribution >= 0.6 is 0 Å². The fraction of sp³-hybridized carbons (Fsp3) is 0.250. The smallest absolute Gasteiger partial charge is 0.306 e. The first-order valence-corrected chi connectivity index (χ1v) is 11.5. The molecule has 1 atom stereocenters. The lowest BCUT2D eigenvalue weighted by molar-refractivity contribution is -0.147. The monoisotopic (exact) mass is 475 g/mol. The van der Waals surface area contributed by atoms with Gasteiger partial charge in [0.05, 0.1) is 7.11 Å². The number of carbonyl (C=O) groups is 3. The Balaban J connectivity index is 1.42. The van der Waals surface area contributed by atoms with Gasteiger partial charge in [0.2, 0.25) is 11.7 Å². The van der Waals surface area contributed by atoms with Crippen molar-refractivity contribution >= 4 is 23.3 Å². The predicted octanol–water partition coefficient (Wildman–Crippen LogP) is 5.80. The van der Waals surface area contributed by atoms with Gasteiger partial charge in [0.1, 0.15) is 5.75 Å². The minimum atomic E-state index is -0.824. The predicted molar refractivity (Wildman–Crippen MR) is 133 cm³/mol. The van der Waals surface area contributed by atoms with Crippen molar-refractivity contribution in [3.05, 3.63) is 84.4 Å². The van der Waals surface area contributed by atoms with E-state index < -0.39 is 12.1 Å². The number of ether oxygens (including phenoxy) is 3. The number of benzene rings is 3. The molecule has 1 N–H and O–H groups in total. The van der Waals surface area contributed by atoms with Crippen LogP contribution in [0, 0.1) is 0 Å². The summed E-state index contributed by atoms with van der Waals surface area (Å²) >= 11 is 0. The van der Waals surface area contributed by atoms with Crippen LogP contribution in [0.5, 0.6) is 17.2 Å². The van der Waals surface area contributed by atoms with Crippen LogP contribution in [0.4, 0.5) is 5.69 Å². The standard InChI is InChI=1S/C28H29NO6/c1-3-23(28(32)20-10-5-4-6-11-20)35-27(31)15-9-14-26(30)29-21-16-18-22(19-17-21)34-25-13-8-7-12-24(25)33-2/h4-8,10-13,16-19,23H,3,9,14-15H2,1-2H3,(H,29,30). The summed E-state index contributed by atoms with van der Waals surface area (Å²) in [6.07, 6.45) is 0.0810. The van der Waals surface area contributed by atoms with Crippen LogP contribution in [0.25, 0.3) is 0 Å². The Labute approximate surface area is 205 Å². The molecule has 0 fully saturated rings. The molecule has 0 saturated heterocycles. The Kier molecular flexibility index (Phi) is 9.42. The molecular formula is C28H29NO6. The van der Waals surface area contributed by atoms with Gasteiger partial charge < -0.3 is 19.5 Å². The third kappa shape index (κ3) is 7.71. The highest BCUT2D eigenvalue weighted by atomic mass is 16.5. The number of esters is 1. The molecule has 0 saturated carbocycles. The van der Waals surface area contributed by atoms with E-state index in [1.54, 1.807) is 68.6 Å². The van der Waals surface area contributed by atoms with Gasteiger partial charge in [-0.3, -0.25) is 14.4 Å². The minimum Gasteiger partial charge on any atom is -0.493 e. The average molecular weight is 476 g/mol. The molecule has 182 valence electrons. The van der Waals surface area contributed by atoms with Crippen molar-refractivity contribution in [3.8, 4) is 17.2 Å². The molecule has 7 nitrogen and oxygen atoms in total. The molecule has 3 rings (SSSR count). The van der Waals surface area contributed by atoms with Crippen LogP contribution in [-0.2, 0) is 14.3 Å². The lowest BCUT2D eigenvalue weighted by Gasteiger charge is -2.15. The van der Waals surface area contributed by atoms with Crippen LogP contribution in [0.3, 0.4) is 0 Å². The van der Waals surface area contributed by atoms with Crippen molar-refractivity contribution in [1.82, 2.24) is 0 Å². The Morgan fingerprint density at radius 1 is 0.829 bits per heavy atom. The molecule has 3 aromatic rings. The SMILES string of the molecule is CCC(OC(=O)CCCC(=O)Nc1ccc(Oc2ccccc2OC)cc1)C(=O)c1ccccc1. The summed E-state index contributed by atoms with van der Waals surface area (Å²) in [7, 11) is 1.58. The summed E-state index contributed by atoms with van der Waals surface area (Å²) in [6, 6.07) is 23.0. The number of hydrogen-bond acceptors (Lipinski definition) is 6. The van der Waals surface area contributed by atoms with Crippen molar-refractivity contribution in [1.29, 1.82) is 0 Å². The summed E-state index contributed by atoms with van der Waals surface area (Å²) in [5.41, 5.74) is 1.12. The first-order chi connectivity index (χ1) is 17.0. The fourth-order valence-corrected chi connectivity index (χ4v) is 3.38. The maximum absolute atomic E-state index is 12.5. The molecule has 35 heavy (non-hydrogen) atoms. The van der Waals surface area contributed by atoms with E-state index in [0.29, 0.717) is 41.3 Å². The molecule has 1 amide bonds. The van der Waals surface area contributed by atoms with E-state index in [1.807, 2.05) is 24.3 Å². The van der Waals surface area contributed by atoms with Gasteiger partial charge >= 0.3 is 5.97 Å². The van der Waals surface area contributed by atoms with Crippen molar-refractivity contribution in [2.45, 2.75) is 38.7 Å². The molecule has 0 aliphatic carbocycles. The van der Waals surface area contributed by atoms with E-state index in [1.165, 1.54) is 0 Å². The molecule has 0 aliphatic rings. The Hall–Kier alpha value is -4.13. The molecule has 1 unspecified atom stereocenters. The quantitative estimate of drug-likeness (QED) is 0.263. The van der Waals surface area contributed by atoms with Gasteiger partial charge in [0.25, 0.3) is 0 Å². The van der Waals surface area contributed by atoms with E-state index in [0.717, 1.165) is 0 Å². The van der Waals surface area contributed by atoms with Crippen LogP contribution in [0.15, 0.2) is 78.9 Å². The summed E-state index contributed by atoms with van der Waals surface area (Å²) in [5.74, 6) is 0.881. The van der Waals surface area contributed by atoms with Gasteiger partial charge in [-0.15, -0.1) is 0 Å². The van der Waals surface area contributed by atoms with Crippen LogP contribution in [0.2, 0.25) is 0 Å². The molecule has 0 aliphatic heterocycles. The summed E-state index contributed by atoms with van der Waals surface area (Å²) < 4.78 is 16.5. The fourth-order valence-electron chi connectivity index (χ4n) is 3.38. The van der Waals surface area contributed by atoms with Crippen LogP contribution in [0.1, 0.15) is 43.0 Å². The molecule has 3 aromatic carbocycles. The number of nitrogens with one attached hydrogen (secondary N) is 1. The molecule has 0 aromatic heterocycles. The van der Waals surface area contributed by atoms with Crippen molar-refractivity contribution in [2.75, 3.05) is 12.4 Å². The third-order valence-electron chi connectivity index (χ3n) is 5.21. The summed E-state index contributed by atoms with van der Waals surface area (Å²) in [6.45, 7) is 1.79. The van der Waals surface area contributed by atoms with Gasteiger partial charge in [0, 0.05) is 24.1 Å². The van der Waals surface area contributed by atoms with Gasteiger partial charge in [-0.05, 0) is 49.2 Å². The second kappa shape index (κ2) is 12.9. The highest BCUT2D eigenvalue weighted by Crippen LogP contribution is 2.31. The van der Waals surface area contributed by atoms with E-state index >= 15 is 0 Å². The molecular weight excluding hydrogens is 446 g/mol. The topological polar surface area (TPSA) is 90.9 Å². The minimum absolute atomic E-state index is 0.0533. The lowest BCUT2D eigenvalue weighted by Crippen LogP contribution is -2.26. The largest absolute Gasteiger partial charge is 0.493 e. The average Bonchev–Trinajstić information content (AvgIpc) is 2.89. The lowest BCUT2D eigenvalue weighted by atomic mass is 10.0. The Morgan fingerprint density at radius 2 is 1.49 bits per heavy atom. The van der Waals surface area contributed by atoms with Crippen molar-refractivity contribution in [2.24, 2.45) is 0 Å². The number of carbonyl (C=O) groups excluding carboxylic acids is 3. The molecule has 7 heteroatoms. The number of rotatable bonds is 12. The number of Topliss-reactive ketones (excluding diaryl/α,β-unsaturated/α-hetero) is 1. The van der Waals surface area contributed by atoms with Crippen LogP contribution in [-0.4, -0.2) is 30.9 Å². The third-order valence-corrected chi connectivity index (χ3v) is 5.21. The molecule has 0 spiro atoms. The molecule has 0 bridgehead atoms. The zero-order valence-electron chi connectivity index (χ0n) is 19.9. The number of hydrogen-bond donors (Lipinski definition) is 1.